The summed E-state index contributed by atoms with van der Waals surface area (Å²) >= 11 is 7.29. The molecule has 1 aromatic carbocycles. The third-order valence-corrected chi connectivity index (χ3v) is 4.65. The van der Waals surface area contributed by atoms with E-state index in [1.165, 1.54) is 11.3 Å². The van der Waals surface area contributed by atoms with Gasteiger partial charge in [0.25, 0.3) is 0 Å². The van der Waals surface area contributed by atoms with Crippen molar-refractivity contribution in [3.63, 3.8) is 0 Å². The van der Waals surface area contributed by atoms with E-state index >= 15 is 0 Å². The quantitative estimate of drug-likeness (QED) is 0.854. The number of rotatable bonds is 5. The van der Waals surface area contributed by atoms with Gasteiger partial charge in [0.05, 0.1) is 13.1 Å². The Balaban J connectivity index is 1.42. The van der Waals surface area contributed by atoms with Gasteiger partial charge in [-0.15, -0.1) is 11.3 Å². The minimum absolute atomic E-state index is 0.264. The number of halogens is 1. The Morgan fingerprint density at radius 2 is 2.08 bits per heavy atom. The van der Waals surface area contributed by atoms with Gasteiger partial charge in [-0.2, -0.15) is 0 Å². The topological polar surface area (TPSA) is 70.7 Å². The van der Waals surface area contributed by atoms with Crippen LogP contribution in [0.15, 0.2) is 41.8 Å². The maximum absolute atomic E-state index is 11.8. The highest BCUT2D eigenvalue weighted by Gasteiger charge is 2.32. The second kappa shape index (κ2) is 7.55. The van der Waals surface area contributed by atoms with E-state index in [0.717, 1.165) is 10.6 Å². The number of thiophene rings is 1. The summed E-state index contributed by atoms with van der Waals surface area (Å²) < 4.78 is 5.26. The van der Waals surface area contributed by atoms with Crippen molar-refractivity contribution in [3.8, 4) is 0 Å². The second-order valence-corrected chi connectivity index (χ2v) is 6.62. The van der Waals surface area contributed by atoms with Crippen LogP contribution < -0.4 is 15.5 Å². The summed E-state index contributed by atoms with van der Waals surface area (Å²) in [5.74, 6) is 0. The van der Waals surface area contributed by atoms with Gasteiger partial charge in [0.15, 0.2) is 0 Å². The predicted octanol–water partition coefficient (Wildman–Crippen LogP) is 3.23. The SMILES string of the molecule is O=C(NCc1ccc(Cl)cc1)NCC1CN(c2cccs2)C(=O)O1. The first-order valence-electron chi connectivity index (χ1n) is 7.39. The third kappa shape index (κ3) is 4.18. The molecule has 1 saturated heterocycles. The van der Waals surface area contributed by atoms with Crippen LogP contribution in [0, 0.1) is 0 Å². The lowest BCUT2D eigenvalue weighted by atomic mass is 10.2. The molecule has 126 valence electrons. The molecule has 1 atom stereocenters. The molecule has 24 heavy (non-hydrogen) atoms. The molecule has 2 N–H and O–H groups in total. The molecule has 0 spiro atoms. The number of amides is 3. The number of nitrogens with one attached hydrogen (secondary N) is 2. The average molecular weight is 366 g/mol. The molecule has 8 heteroatoms. The molecule has 1 aliphatic rings. The number of carbonyl (C=O) groups excluding carboxylic acids is 2. The maximum Gasteiger partial charge on any atom is 0.415 e. The second-order valence-electron chi connectivity index (χ2n) is 5.26. The predicted molar refractivity (Wildman–Crippen MR) is 93.6 cm³/mol. The highest BCUT2D eigenvalue weighted by molar-refractivity contribution is 7.14. The molecule has 1 fully saturated rings. The Morgan fingerprint density at radius 3 is 2.79 bits per heavy atom. The Hall–Kier alpha value is -2.25. The normalized spacial score (nSPS) is 16.8. The minimum Gasteiger partial charge on any atom is -0.442 e. The lowest BCUT2D eigenvalue weighted by Gasteiger charge is -2.11. The number of hydrogen-bond donors (Lipinski definition) is 2. The number of urea groups is 1. The Bertz CT molecular complexity index is 706. The largest absolute Gasteiger partial charge is 0.442 e. The lowest BCUT2D eigenvalue weighted by Crippen LogP contribution is -2.40. The van der Waals surface area contributed by atoms with E-state index in [9.17, 15) is 9.59 Å². The molecule has 1 aromatic heterocycles. The minimum atomic E-state index is -0.383. The molecular formula is C16H16ClN3O3S. The molecule has 1 aliphatic heterocycles. The van der Waals surface area contributed by atoms with Gasteiger partial charge < -0.3 is 15.4 Å². The summed E-state index contributed by atoms with van der Waals surface area (Å²) in [5.41, 5.74) is 0.950. The van der Waals surface area contributed by atoms with Crippen molar-refractivity contribution >= 4 is 40.1 Å². The summed E-state index contributed by atoms with van der Waals surface area (Å²) in [6.07, 6.45) is -0.744. The van der Waals surface area contributed by atoms with Crippen LogP contribution in [0.5, 0.6) is 0 Å². The number of carbonyl (C=O) groups is 2. The fourth-order valence-corrected chi connectivity index (χ4v) is 3.14. The first-order chi connectivity index (χ1) is 11.6. The molecule has 2 aromatic rings. The number of anilines is 1. The van der Waals surface area contributed by atoms with Gasteiger partial charge in [-0.05, 0) is 35.2 Å². The summed E-state index contributed by atoms with van der Waals surface area (Å²) in [6, 6.07) is 10.7. The zero-order valence-electron chi connectivity index (χ0n) is 12.7. The van der Waals surface area contributed by atoms with Crippen LogP contribution in [0.25, 0.3) is 0 Å². The Kier molecular flexibility index (Phi) is 5.22. The van der Waals surface area contributed by atoms with E-state index < -0.39 is 0 Å². The van der Waals surface area contributed by atoms with E-state index in [0.29, 0.717) is 18.1 Å². The zero-order valence-corrected chi connectivity index (χ0v) is 14.3. The Morgan fingerprint density at radius 1 is 1.29 bits per heavy atom. The van der Waals surface area contributed by atoms with Crippen molar-refractivity contribution in [1.82, 2.24) is 10.6 Å². The number of ether oxygens (including phenoxy) is 1. The highest BCUT2D eigenvalue weighted by atomic mass is 35.5. The van der Waals surface area contributed by atoms with Crippen molar-refractivity contribution in [1.29, 1.82) is 0 Å². The van der Waals surface area contributed by atoms with Crippen LogP contribution in [-0.2, 0) is 11.3 Å². The monoisotopic (exact) mass is 365 g/mol. The molecule has 3 amide bonds. The first kappa shape index (κ1) is 16.6. The number of benzene rings is 1. The maximum atomic E-state index is 11.8. The summed E-state index contributed by atoms with van der Waals surface area (Å²) in [7, 11) is 0. The van der Waals surface area contributed by atoms with Crippen LogP contribution in [0.2, 0.25) is 5.02 Å². The van der Waals surface area contributed by atoms with Crippen molar-refractivity contribution in [2.24, 2.45) is 0 Å². The average Bonchev–Trinajstić information content (AvgIpc) is 3.21. The molecule has 2 heterocycles. The standard InChI is InChI=1S/C16H16ClN3O3S/c17-12-5-3-11(4-6-12)8-18-15(21)19-9-13-10-20(16(22)23-13)14-2-1-7-24-14/h1-7,13H,8-10H2,(H2,18,19,21). The van der Waals surface area contributed by atoms with Gasteiger partial charge in [0.2, 0.25) is 0 Å². The van der Waals surface area contributed by atoms with Crippen molar-refractivity contribution in [3.05, 3.63) is 52.4 Å². The Labute approximate surface area is 148 Å². The number of hydrogen-bond acceptors (Lipinski definition) is 4. The van der Waals surface area contributed by atoms with Crippen LogP contribution >= 0.6 is 22.9 Å². The molecule has 0 aliphatic carbocycles. The van der Waals surface area contributed by atoms with E-state index in [4.69, 9.17) is 16.3 Å². The number of cyclic esters (lactones) is 1. The molecule has 1 unspecified atom stereocenters. The van der Waals surface area contributed by atoms with Crippen molar-refractivity contribution in [2.45, 2.75) is 12.6 Å². The van der Waals surface area contributed by atoms with E-state index in [-0.39, 0.29) is 24.8 Å². The molecule has 3 rings (SSSR count). The van der Waals surface area contributed by atoms with Crippen LogP contribution in [0.1, 0.15) is 5.56 Å². The van der Waals surface area contributed by atoms with Gasteiger partial charge in [-0.1, -0.05) is 23.7 Å². The van der Waals surface area contributed by atoms with Gasteiger partial charge in [-0.25, -0.2) is 9.59 Å². The van der Waals surface area contributed by atoms with Gasteiger partial charge >= 0.3 is 12.1 Å². The molecular weight excluding hydrogens is 350 g/mol. The highest BCUT2D eigenvalue weighted by Crippen LogP contribution is 2.26. The molecule has 0 bridgehead atoms. The third-order valence-electron chi connectivity index (χ3n) is 3.50. The molecule has 6 nitrogen and oxygen atoms in total. The van der Waals surface area contributed by atoms with Gasteiger partial charge in [0.1, 0.15) is 11.1 Å². The van der Waals surface area contributed by atoms with Crippen LogP contribution in [0.3, 0.4) is 0 Å². The summed E-state index contributed by atoms with van der Waals surface area (Å²) in [5, 5.41) is 8.86. The van der Waals surface area contributed by atoms with Crippen LogP contribution in [0.4, 0.5) is 14.6 Å². The summed E-state index contributed by atoms with van der Waals surface area (Å²) in [4.78, 5) is 25.2. The first-order valence-corrected chi connectivity index (χ1v) is 8.65. The number of nitrogens with zero attached hydrogens (tertiary/aromatic N) is 1. The molecule has 0 radical (unpaired) electrons. The summed E-state index contributed by atoms with van der Waals surface area (Å²) in [6.45, 7) is 1.09. The smallest absolute Gasteiger partial charge is 0.415 e. The van der Waals surface area contributed by atoms with Crippen molar-refractivity contribution in [2.75, 3.05) is 18.0 Å². The van der Waals surface area contributed by atoms with Gasteiger partial charge in [0, 0.05) is 11.6 Å². The fraction of sp³-hybridized carbons (Fsp3) is 0.250. The van der Waals surface area contributed by atoms with Gasteiger partial charge in [-0.3, -0.25) is 4.90 Å². The van der Waals surface area contributed by atoms with Crippen LogP contribution in [-0.4, -0.2) is 31.3 Å². The fourth-order valence-electron chi connectivity index (χ4n) is 2.28. The molecule has 0 saturated carbocycles. The van der Waals surface area contributed by atoms with E-state index in [1.807, 2.05) is 29.6 Å². The van der Waals surface area contributed by atoms with Crippen molar-refractivity contribution < 1.29 is 14.3 Å². The van der Waals surface area contributed by atoms with E-state index in [2.05, 4.69) is 10.6 Å². The zero-order chi connectivity index (χ0) is 16.9. The lowest BCUT2D eigenvalue weighted by molar-refractivity contribution is 0.140. The van der Waals surface area contributed by atoms with E-state index in [1.54, 1.807) is 17.0 Å².